The highest BCUT2D eigenvalue weighted by atomic mass is 16.5. The molecule has 1 aliphatic heterocycles. The molecule has 5 nitrogen and oxygen atoms in total. The lowest BCUT2D eigenvalue weighted by molar-refractivity contribution is -0.129. The molecule has 1 saturated heterocycles. The molecule has 1 unspecified atom stereocenters. The normalized spacial score (nSPS) is 15.5. The quantitative estimate of drug-likeness (QED) is 0.867. The molecule has 0 radical (unpaired) electrons. The van der Waals surface area contributed by atoms with E-state index >= 15 is 0 Å². The maximum absolute atomic E-state index is 12.0. The Morgan fingerprint density at radius 1 is 1.38 bits per heavy atom. The second kappa shape index (κ2) is 7.65. The van der Waals surface area contributed by atoms with Crippen LogP contribution in [-0.2, 0) is 4.79 Å². The Kier molecular flexibility index (Phi) is 5.59. The number of likely N-dealkylation sites (tertiary alicyclic amines) is 1. The molecule has 0 bridgehead atoms. The third-order valence-electron chi connectivity index (χ3n) is 3.70. The Balaban J connectivity index is 1.81. The van der Waals surface area contributed by atoms with Crippen molar-refractivity contribution in [1.29, 1.82) is 5.26 Å². The lowest BCUT2D eigenvalue weighted by Gasteiger charge is -2.19. The highest BCUT2D eigenvalue weighted by Crippen LogP contribution is 2.17. The summed E-state index contributed by atoms with van der Waals surface area (Å²) in [6.07, 6.45) is 2.23. The van der Waals surface area contributed by atoms with Gasteiger partial charge in [-0.2, -0.15) is 5.26 Å². The zero-order chi connectivity index (χ0) is 15.1. The summed E-state index contributed by atoms with van der Waals surface area (Å²) in [6.45, 7) is 4.23. The summed E-state index contributed by atoms with van der Waals surface area (Å²) in [7, 11) is 0. The zero-order valence-electron chi connectivity index (χ0n) is 12.3. The number of hydrogen-bond donors (Lipinski definition) is 1. The van der Waals surface area contributed by atoms with Gasteiger partial charge >= 0.3 is 0 Å². The molecule has 0 aromatic heterocycles. The number of nitrogens with one attached hydrogen (secondary N) is 1. The average molecular weight is 287 g/mol. The summed E-state index contributed by atoms with van der Waals surface area (Å²) in [6, 6.07) is 9.61. The van der Waals surface area contributed by atoms with Crippen molar-refractivity contribution < 1.29 is 9.53 Å². The second-order valence-corrected chi connectivity index (χ2v) is 5.21. The van der Waals surface area contributed by atoms with Gasteiger partial charge in [-0.05, 0) is 37.5 Å². The van der Waals surface area contributed by atoms with Crippen LogP contribution in [0, 0.1) is 11.3 Å². The monoisotopic (exact) mass is 287 g/mol. The Morgan fingerprint density at radius 3 is 2.67 bits per heavy atom. The van der Waals surface area contributed by atoms with Crippen molar-refractivity contribution in [2.24, 2.45) is 0 Å². The fourth-order valence-corrected chi connectivity index (χ4v) is 2.40. The first-order chi connectivity index (χ1) is 10.2. The second-order valence-electron chi connectivity index (χ2n) is 5.21. The number of rotatable bonds is 6. The molecule has 1 fully saturated rings. The number of hydrogen-bond acceptors (Lipinski definition) is 4. The maximum atomic E-state index is 12.0. The van der Waals surface area contributed by atoms with Crippen LogP contribution in [0.25, 0.3) is 0 Å². The van der Waals surface area contributed by atoms with E-state index in [1.807, 2.05) is 42.2 Å². The summed E-state index contributed by atoms with van der Waals surface area (Å²) in [5.41, 5.74) is 1.09. The molecule has 5 heteroatoms. The molecule has 1 aromatic carbocycles. The predicted molar refractivity (Wildman–Crippen MR) is 79.8 cm³/mol. The summed E-state index contributed by atoms with van der Waals surface area (Å²) in [4.78, 5) is 13.9. The van der Waals surface area contributed by atoms with E-state index in [1.54, 1.807) is 0 Å². The third-order valence-corrected chi connectivity index (χ3v) is 3.70. The van der Waals surface area contributed by atoms with Crippen LogP contribution in [0.1, 0.15) is 31.4 Å². The van der Waals surface area contributed by atoms with Crippen LogP contribution in [0.5, 0.6) is 5.75 Å². The minimum absolute atomic E-state index is 0.0531. The minimum Gasteiger partial charge on any atom is -0.479 e. The Bertz CT molecular complexity index is 501. The number of carbonyl (C=O) groups excluding carboxylic acids is 1. The zero-order valence-corrected chi connectivity index (χ0v) is 12.3. The van der Waals surface area contributed by atoms with Crippen molar-refractivity contribution in [2.45, 2.75) is 25.8 Å². The van der Waals surface area contributed by atoms with E-state index in [2.05, 4.69) is 5.32 Å². The van der Waals surface area contributed by atoms with Gasteiger partial charge in [-0.25, -0.2) is 0 Å². The number of benzene rings is 1. The van der Waals surface area contributed by atoms with Crippen molar-refractivity contribution in [3.05, 3.63) is 29.8 Å². The maximum Gasteiger partial charge on any atom is 0.236 e. The van der Waals surface area contributed by atoms with Crippen molar-refractivity contribution >= 4 is 5.91 Å². The SMILES string of the molecule is CC(NCC(=O)N1CCCC1)c1ccc(OCC#N)cc1. The summed E-state index contributed by atoms with van der Waals surface area (Å²) < 4.78 is 5.21. The predicted octanol–water partition coefficient (Wildman–Crippen LogP) is 1.86. The van der Waals surface area contributed by atoms with E-state index in [4.69, 9.17) is 10.00 Å². The smallest absolute Gasteiger partial charge is 0.236 e. The van der Waals surface area contributed by atoms with Crippen molar-refractivity contribution in [3.63, 3.8) is 0 Å². The van der Waals surface area contributed by atoms with Gasteiger partial charge in [-0.1, -0.05) is 12.1 Å². The van der Waals surface area contributed by atoms with E-state index in [0.717, 1.165) is 31.5 Å². The van der Waals surface area contributed by atoms with E-state index in [1.165, 1.54) is 0 Å². The molecular weight excluding hydrogens is 266 g/mol. The van der Waals surface area contributed by atoms with Gasteiger partial charge in [0.2, 0.25) is 5.91 Å². The first kappa shape index (κ1) is 15.3. The first-order valence-electron chi connectivity index (χ1n) is 7.31. The number of amides is 1. The lowest BCUT2D eigenvalue weighted by Crippen LogP contribution is -2.37. The topological polar surface area (TPSA) is 65.4 Å². The molecule has 1 N–H and O–H groups in total. The highest BCUT2D eigenvalue weighted by Gasteiger charge is 2.18. The molecule has 1 heterocycles. The van der Waals surface area contributed by atoms with Crippen LogP contribution in [-0.4, -0.2) is 37.0 Å². The number of ether oxygens (including phenoxy) is 1. The molecule has 0 saturated carbocycles. The number of carbonyl (C=O) groups is 1. The summed E-state index contributed by atoms with van der Waals surface area (Å²) in [5.74, 6) is 0.856. The van der Waals surface area contributed by atoms with Crippen LogP contribution in [0.2, 0.25) is 0 Å². The third kappa shape index (κ3) is 4.47. The van der Waals surface area contributed by atoms with Crippen LogP contribution >= 0.6 is 0 Å². The Labute approximate surface area is 125 Å². The Morgan fingerprint density at radius 2 is 2.05 bits per heavy atom. The molecule has 1 amide bonds. The van der Waals surface area contributed by atoms with E-state index in [0.29, 0.717) is 12.3 Å². The van der Waals surface area contributed by atoms with E-state index in [9.17, 15) is 4.79 Å². The van der Waals surface area contributed by atoms with Crippen LogP contribution in [0.3, 0.4) is 0 Å². The summed E-state index contributed by atoms with van der Waals surface area (Å²) in [5, 5.41) is 11.7. The van der Waals surface area contributed by atoms with Gasteiger partial charge in [0.15, 0.2) is 6.61 Å². The van der Waals surface area contributed by atoms with Crippen molar-refractivity contribution in [3.8, 4) is 11.8 Å². The molecular formula is C16H21N3O2. The molecule has 1 atom stereocenters. The van der Waals surface area contributed by atoms with Crippen LogP contribution in [0.4, 0.5) is 0 Å². The van der Waals surface area contributed by atoms with E-state index < -0.39 is 0 Å². The van der Waals surface area contributed by atoms with Gasteiger partial charge < -0.3 is 15.0 Å². The van der Waals surface area contributed by atoms with Crippen molar-refractivity contribution in [2.75, 3.05) is 26.2 Å². The minimum atomic E-state index is 0.0531. The average Bonchev–Trinajstić information content (AvgIpc) is 3.05. The molecule has 112 valence electrons. The Hall–Kier alpha value is -2.06. The van der Waals surface area contributed by atoms with Gasteiger partial charge in [0.1, 0.15) is 11.8 Å². The molecule has 0 spiro atoms. The van der Waals surface area contributed by atoms with Gasteiger partial charge in [-0.15, -0.1) is 0 Å². The number of nitrogens with zero attached hydrogens (tertiary/aromatic N) is 2. The molecule has 2 rings (SSSR count). The highest BCUT2D eigenvalue weighted by molar-refractivity contribution is 5.78. The van der Waals surface area contributed by atoms with Crippen LogP contribution in [0.15, 0.2) is 24.3 Å². The van der Waals surface area contributed by atoms with Gasteiger partial charge in [-0.3, -0.25) is 4.79 Å². The van der Waals surface area contributed by atoms with E-state index in [-0.39, 0.29) is 18.6 Å². The standard InChI is InChI=1S/C16H21N3O2/c1-13(18-12-16(20)19-9-2-3-10-19)14-4-6-15(7-5-14)21-11-8-17/h4-7,13,18H,2-3,9-12H2,1H3. The summed E-state index contributed by atoms with van der Waals surface area (Å²) >= 11 is 0. The lowest BCUT2D eigenvalue weighted by atomic mass is 10.1. The van der Waals surface area contributed by atoms with Gasteiger partial charge in [0.05, 0.1) is 6.54 Å². The molecule has 1 aromatic rings. The van der Waals surface area contributed by atoms with Gasteiger partial charge in [0.25, 0.3) is 0 Å². The molecule has 1 aliphatic rings. The number of nitriles is 1. The van der Waals surface area contributed by atoms with Crippen molar-refractivity contribution in [1.82, 2.24) is 10.2 Å². The molecule has 0 aliphatic carbocycles. The fraction of sp³-hybridized carbons (Fsp3) is 0.500. The first-order valence-corrected chi connectivity index (χ1v) is 7.31. The largest absolute Gasteiger partial charge is 0.479 e. The fourth-order valence-electron chi connectivity index (χ4n) is 2.40. The van der Waals surface area contributed by atoms with Crippen LogP contribution < -0.4 is 10.1 Å². The van der Waals surface area contributed by atoms with Gasteiger partial charge in [0, 0.05) is 19.1 Å². The molecule has 21 heavy (non-hydrogen) atoms.